The number of aromatic nitrogens is 1. The molecular weight excluding hydrogens is 333 g/mol. The molecule has 1 fully saturated rings. The van der Waals surface area contributed by atoms with E-state index in [2.05, 4.69) is 5.16 Å². The molecule has 0 saturated carbocycles. The average molecular weight is 352 g/mol. The second-order valence-corrected chi connectivity index (χ2v) is 6.37. The summed E-state index contributed by atoms with van der Waals surface area (Å²) in [5, 5.41) is 3.55. The lowest BCUT2D eigenvalue weighted by molar-refractivity contribution is -0.137. The van der Waals surface area contributed by atoms with Gasteiger partial charge in [-0.05, 0) is 43.2 Å². The maximum Gasteiger partial charge on any atom is 0.416 e. The first kappa shape index (κ1) is 17.5. The highest BCUT2D eigenvalue weighted by molar-refractivity contribution is 5.91. The van der Waals surface area contributed by atoms with E-state index in [-0.39, 0.29) is 17.6 Å². The van der Waals surface area contributed by atoms with Crippen molar-refractivity contribution in [1.82, 2.24) is 10.1 Å². The highest BCUT2D eigenvalue weighted by atomic mass is 19.4. The first-order valence-corrected chi connectivity index (χ1v) is 8.29. The number of carbonyl (C=O) groups excluding carboxylic acids is 1. The summed E-state index contributed by atoms with van der Waals surface area (Å²) in [4.78, 5) is 14.0. The maximum atomic E-state index is 12.8. The molecule has 2 heterocycles. The van der Waals surface area contributed by atoms with Crippen LogP contribution < -0.4 is 0 Å². The summed E-state index contributed by atoms with van der Waals surface area (Å²) in [6.45, 7) is 1.26. The van der Waals surface area contributed by atoms with Crippen molar-refractivity contribution < 1.29 is 22.5 Å². The van der Waals surface area contributed by atoms with E-state index in [0.29, 0.717) is 25.1 Å². The first-order chi connectivity index (χ1) is 11.9. The van der Waals surface area contributed by atoms with Crippen LogP contribution in [0.1, 0.15) is 40.9 Å². The highest BCUT2D eigenvalue weighted by Gasteiger charge is 2.30. The van der Waals surface area contributed by atoms with E-state index < -0.39 is 11.7 Å². The number of alkyl halides is 3. The number of carbonyl (C=O) groups is 1. The van der Waals surface area contributed by atoms with Crippen LogP contribution in [-0.2, 0) is 12.6 Å². The van der Waals surface area contributed by atoms with Gasteiger partial charge in [-0.3, -0.25) is 4.79 Å². The third kappa shape index (κ3) is 4.41. The Labute approximate surface area is 143 Å². The predicted octanol–water partition coefficient (Wildman–Crippen LogP) is 4.18. The van der Waals surface area contributed by atoms with Crippen molar-refractivity contribution >= 4 is 5.91 Å². The standard InChI is InChI=1S/C18H19F3N2O2/c19-18(20,21)15-5-1-3-13(11-15)6-7-14-4-2-10-23(12-14)17(24)16-8-9-22-25-16/h1,3,5,8-9,11,14H,2,4,6-7,10,12H2/t14-/m0/s1. The molecule has 0 aliphatic carbocycles. The third-order valence-electron chi connectivity index (χ3n) is 4.55. The second-order valence-electron chi connectivity index (χ2n) is 6.37. The fourth-order valence-electron chi connectivity index (χ4n) is 3.24. The van der Waals surface area contributed by atoms with E-state index in [1.807, 2.05) is 0 Å². The lowest BCUT2D eigenvalue weighted by Gasteiger charge is -2.32. The molecule has 0 bridgehead atoms. The van der Waals surface area contributed by atoms with Crippen LogP contribution in [-0.4, -0.2) is 29.1 Å². The van der Waals surface area contributed by atoms with Crippen LogP contribution in [0.15, 0.2) is 41.1 Å². The molecule has 1 saturated heterocycles. The number of rotatable bonds is 4. The number of benzene rings is 1. The topological polar surface area (TPSA) is 46.3 Å². The molecule has 25 heavy (non-hydrogen) atoms. The van der Waals surface area contributed by atoms with E-state index in [1.54, 1.807) is 11.0 Å². The normalized spacial score (nSPS) is 18.4. The van der Waals surface area contributed by atoms with Crippen LogP contribution in [0, 0.1) is 5.92 Å². The molecule has 7 heteroatoms. The fraction of sp³-hybridized carbons (Fsp3) is 0.444. The van der Waals surface area contributed by atoms with E-state index in [9.17, 15) is 18.0 Å². The molecule has 1 aliphatic heterocycles. The van der Waals surface area contributed by atoms with Gasteiger partial charge in [0.15, 0.2) is 0 Å². The molecule has 2 aromatic rings. The van der Waals surface area contributed by atoms with Crippen LogP contribution in [0.5, 0.6) is 0 Å². The zero-order chi connectivity index (χ0) is 17.9. The zero-order valence-electron chi connectivity index (χ0n) is 13.6. The molecule has 4 nitrogen and oxygen atoms in total. The Balaban J connectivity index is 1.57. The largest absolute Gasteiger partial charge is 0.416 e. The second kappa shape index (κ2) is 7.29. The van der Waals surface area contributed by atoms with Gasteiger partial charge in [0, 0.05) is 19.2 Å². The summed E-state index contributed by atoms with van der Waals surface area (Å²) in [6.07, 6.45) is 0.288. The molecule has 1 amide bonds. The van der Waals surface area contributed by atoms with E-state index in [0.717, 1.165) is 25.3 Å². The van der Waals surface area contributed by atoms with E-state index >= 15 is 0 Å². The Hall–Kier alpha value is -2.31. The van der Waals surface area contributed by atoms with Crippen molar-refractivity contribution in [3.8, 4) is 0 Å². The Bertz CT molecular complexity index is 713. The van der Waals surface area contributed by atoms with Gasteiger partial charge in [0.05, 0.1) is 11.8 Å². The summed E-state index contributed by atoms with van der Waals surface area (Å²) in [6, 6.07) is 6.99. The Morgan fingerprint density at radius 3 is 2.88 bits per heavy atom. The van der Waals surface area contributed by atoms with Crippen molar-refractivity contribution in [3.63, 3.8) is 0 Å². The van der Waals surface area contributed by atoms with Gasteiger partial charge in [-0.25, -0.2) is 0 Å². The van der Waals surface area contributed by atoms with Gasteiger partial charge in [0.1, 0.15) is 0 Å². The Morgan fingerprint density at radius 1 is 1.32 bits per heavy atom. The first-order valence-electron chi connectivity index (χ1n) is 8.29. The van der Waals surface area contributed by atoms with Crippen LogP contribution in [0.4, 0.5) is 13.2 Å². The molecule has 3 rings (SSSR count). The number of amides is 1. The van der Waals surface area contributed by atoms with Gasteiger partial charge in [0.25, 0.3) is 5.91 Å². The fourth-order valence-corrected chi connectivity index (χ4v) is 3.24. The van der Waals surface area contributed by atoms with Crippen molar-refractivity contribution in [2.24, 2.45) is 5.92 Å². The summed E-state index contributed by atoms with van der Waals surface area (Å²) in [7, 11) is 0. The van der Waals surface area contributed by atoms with Crippen molar-refractivity contribution in [2.75, 3.05) is 13.1 Å². The number of hydrogen-bond donors (Lipinski definition) is 0. The molecule has 0 spiro atoms. The van der Waals surface area contributed by atoms with Gasteiger partial charge >= 0.3 is 6.18 Å². The van der Waals surface area contributed by atoms with Crippen molar-refractivity contribution in [3.05, 3.63) is 53.4 Å². The van der Waals surface area contributed by atoms with Crippen LogP contribution >= 0.6 is 0 Å². The van der Waals surface area contributed by atoms with E-state index in [4.69, 9.17) is 4.52 Å². The minimum Gasteiger partial charge on any atom is -0.351 e. The zero-order valence-corrected chi connectivity index (χ0v) is 13.6. The van der Waals surface area contributed by atoms with E-state index in [1.165, 1.54) is 24.4 Å². The number of hydrogen-bond acceptors (Lipinski definition) is 3. The van der Waals surface area contributed by atoms with Gasteiger partial charge in [0.2, 0.25) is 5.76 Å². The van der Waals surface area contributed by atoms with Crippen molar-refractivity contribution in [2.45, 2.75) is 31.9 Å². The summed E-state index contributed by atoms with van der Waals surface area (Å²) in [5.74, 6) is 0.315. The minimum absolute atomic E-state index is 0.179. The van der Waals surface area contributed by atoms with Crippen LogP contribution in [0.25, 0.3) is 0 Å². The Morgan fingerprint density at radius 2 is 2.16 bits per heavy atom. The summed E-state index contributed by atoms with van der Waals surface area (Å²) >= 11 is 0. The molecule has 1 aliphatic rings. The maximum absolute atomic E-state index is 12.8. The molecule has 0 unspecified atom stereocenters. The molecule has 0 radical (unpaired) electrons. The SMILES string of the molecule is O=C(c1ccno1)N1CCC[C@@H](CCc2cccc(C(F)(F)F)c2)C1. The van der Waals surface area contributed by atoms with Gasteiger partial charge in [-0.1, -0.05) is 23.4 Å². The number of piperidine rings is 1. The minimum atomic E-state index is -4.32. The third-order valence-corrected chi connectivity index (χ3v) is 4.55. The summed E-state index contributed by atoms with van der Waals surface area (Å²) in [5.41, 5.74) is 0.0595. The lowest BCUT2D eigenvalue weighted by atomic mass is 9.91. The highest BCUT2D eigenvalue weighted by Crippen LogP contribution is 2.30. The molecule has 0 N–H and O–H groups in total. The smallest absolute Gasteiger partial charge is 0.351 e. The van der Waals surface area contributed by atoms with Gasteiger partial charge < -0.3 is 9.42 Å². The van der Waals surface area contributed by atoms with Crippen LogP contribution in [0.3, 0.4) is 0 Å². The number of nitrogens with zero attached hydrogens (tertiary/aromatic N) is 2. The predicted molar refractivity (Wildman–Crippen MR) is 84.9 cm³/mol. The molecule has 1 aromatic heterocycles. The van der Waals surface area contributed by atoms with Gasteiger partial charge in [-0.15, -0.1) is 0 Å². The quantitative estimate of drug-likeness (QED) is 0.829. The molecule has 1 aromatic carbocycles. The lowest BCUT2D eigenvalue weighted by Crippen LogP contribution is -2.39. The Kier molecular flexibility index (Phi) is 5.11. The number of halogens is 3. The monoisotopic (exact) mass is 352 g/mol. The van der Waals surface area contributed by atoms with Gasteiger partial charge in [-0.2, -0.15) is 13.2 Å². The van der Waals surface area contributed by atoms with Crippen molar-refractivity contribution in [1.29, 1.82) is 0 Å². The number of likely N-dealkylation sites (tertiary alicyclic amines) is 1. The van der Waals surface area contributed by atoms with Crippen LogP contribution in [0.2, 0.25) is 0 Å². The molecular formula is C18H19F3N2O2. The summed E-state index contributed by atoms with van der Waals surface area (Å²) < 4.78 is 43.2. The molecule has 134 valence electrons. The number of aryl methyl sites for hydroxylation is 1. The molecule has 1 atom stereocenters. The average Bonchev–Trinajstić information content (AvgIpc) is 3.14.